The van der Waals surface area contributed by atoms with Gasteiger partial charge in [0.15, 0.2) is 0 Å². The lowest BCUT2D eigenvalue weighted by Gasteiger charge is -1.96. The summed E-state index contributed by atoms with van der Waals surface area (Å²) in [5, 5.41) is 0. The Morgan fingerprint density at radius 1 is 1.55 bits per heavy atom. The lowest BCUT2D eigenvalue weighted by Crippen LogP contribution is -2.10. The van der Waals surface area contributed by atoms with Crippen LogP contribution in [0.4, 0.5) is 0 Å². The quantitative estimate of drug-likeness (QED) is 0.349. The molecule has 0 aliphatic heterocycles. The highest BCUT2D eigenvalue weighted by atomic mass is 16.6. The Morgan fingerprint density at radius 3 is 2.45 bits per heavy atom. The van der Waals surface area contributed by atoms with Gasteiger partial charge >= 0.3 is 11.9 Å². The van der Waals surface area contributed by atoms with Crippen molar-refractivity contribution in [2.45, 2.75) is 6.92 Å². The second-order valence-corrected chi connectivity index (χ2v) is 1.85. The summed E-state index contributed by atoms with van der Waals surface area (Å²) in [6, 6.07) is 0. The van der Waals surface area contributed by atoms with Gasteiger partial charge in [-0.1, -0.05) is 6.58 Å². The summed E-state index contributed by atoms with van der Waals surface area (Å²) in [4.78, 5) is 21.1. The molecule has 0 rings (SSSR count). The van der Waals surface area contributed by atoms with Crippen LogP contribution in [0.25, 0.3) is 0 Å². The zero-order valence-corrected chi connectivity index (χ0v) is 6.16. The minimum Gasteiger partial charge on any atom is -0.404 e. The molecule has 2 N–H and O–H groups in total. The highest BCUT2D eigenvalue weighted by Gasteiger charge is 2.06. The van der Waals surface area contributed by atoms with E-state index < -0.39 is 11.9 Å². The van der Waals surface area contributed by atoms with Gasteiger partial charge in [-0.3, -0.25) is 0 Å². The van der Waals surface area contributed by atoms with Gasteiger partial charge in [0, 0.05) is 17.8 Å². The van der Waals surface area contributed by atoms with E-state index in [2.05, 4.69) is 11.3 Å². The monoisotopic (exact) mass is 155 g/mol. The Bertz CT molecular complexity index is 218. The number of hydrogen-bond donors (Lipinski definition) is 1. The summed E-state index contributed by atoms with van der Waals surface area (Å²) in [5.74, 6) is -1.53. The fourth-order valence-electron chi connectivity index (χ4n) is 0.291. The standard InChI is InChI=1S/C7H9NO3/c1-5(2)7(10)11-6(9)3-4-8/h3-4H,1,8H2,2H3. The highest BCUT2D eigenvalue weighted by Crippen LogP contribution is 1.92. The third kappa shape index (κ3) is 3.91. The molecular weight excluding hydrogens is 146 g/mol. The highest BCUT2D eigenvalue weighted by molar-refractivity contribution is 5.98. The van der Waals surface area contributed by atoms with Gasteiger partial charge in [-0.2, -0.15) is 0 Å². The molecule has 0 amide bonds. The van der Waals surface area contributed by atoms with E-state index in [0.29, 0.717) is 0 Å². The van der Waals surface area contributed by atoms with Crippen LogP contribution < -0.4 is 5.73 Å². The van der Waals surface area contributed by atoms with Crippen molar-refractivity contribution in [3.05, 3.63) is 24.4 Å². The van der Waals surface area contributed by atoms with Crippen molar-refractivity contribution in [1.29, 1.82) is 0 Å². The van der Waals surface area contributed by atoms with Crippen molar-refractivity contribution in [2.24, 2.45) is 5.73 Å². The number of ether oxygens (including phenoxy) is 1. The first-order valence-corrected chi connectivity index (χ1v) is 2.88. The average molecular weight is 155 g/mol. The van der Waals surface area contributed by atoms with E-state index in [4.69, 9.17) is 5.73 Å². The molecule has 0 saturated heterocycles. The van der Waals surface area contributed by atoms with E-state index >= 15 is 0 Å². The predicted molar refractivity (Wildman–Crippen MR) is 39.2 cm³/mol. The van der Waals surface area contributed by atoms with E-state index in [9.17, 15) is 9.59 Å². The first-order valence-electron chi connectivity index (χ1n) is 2.88. The number of rotatable bonds is 2. The molecule has 0 aliphatic carbocycles. The first kappa shape index (κ1) is 9.42. The van der Waals surface area contributed by atoms with Crippen LogP contribution >= 0.6 is 0 Å². The van der Waals surface area contributed by atoms with Gasteiger partial charge in [0.25, 0.3) is 0 Å². The van der Waals surface area contributed by atoms with Crippen LogP contribution in [-0.2, 0) is 14.3 Å². The summed E-state index contributed by atoms with van der Waals surface area (Å²) in [6.45, 7) is 4.73. The molecule has 0 atom stereocenters. The van der Waals surface area contributed by atoms with E-state index in [1.807, 2.05) is 0 Å². The number of nitrogens with two attached hydrogens (primary N) is 1. The van der Waals surface area contributed by atoms with Crippen molar-refractivity contribution >= 4 is 11.9 Å². The Balaban J connectivity index is 3.96. The molecule has 0 radical (unpaired) electrons. The molecule has 0 heterocycles. The maximum Gasteiger partial charge on any atom is 0.340 e. The van der Waals surface area contributed by atoms with Gasteiger partial charge in [0.2, 0.25) is 0 Å². The molecule has 0 aliphatic rings. The van der Waals surface area contributed by atoms with Crippen molar-refractivity contribution in [2.75, 3.05) is 0 Å². The Kier molecular flexibility index (Phi) is 3.66. The largest absolute Gasteiger partial charge is 0.404 e. The first-order chi connectivity index (χ1) is 5.07. The summed E-state index contributed by atoms with van der Waals surface area (Å²) in [7, 11) is 0. The van der Waals surface area contributed by atoms with Crippen molar-refractivity contribution in [3.8, 4) is 0 Å². The SMILES string of the molecule is C=C(C)C(=O)OC(=O)C=CN. The van der Waals surface area contributed by atoms with Crippen LogP contribution in [-0.4, -0.2) is 11.9 Å². The second kappa shape index (κ2) is 4.27. The molecule has 0 bridgehead atoms. The summed E-state index contributed by atoms with van der Waals surface area (Å²) >= 11 is 0. The molecule has 11 heavy (non-hydrogen) atoms. The number of carbonyl (C=O) groups excluding carboxylic acids is 2. The van der Waals surface area contributed by atoms with Gasteiger partial charge in [0.05, 0.1) is 0 Å². The predicted octanol–water partition coefficient (Wildman–Crippen LogP) is 0.105. The average Bonchev–Trinajstić information content (AvgIpc) is 1.87. The van der Waals surface area contributed by atoms with Gasteiger partial charge in [-0.05, 0) is 6.92 Å². The molecule has 0 unspecified atom stereocenters. The third-order valence-electron chi connectivity index (χ3n) is 0.774. The smallest absolute Gasteiger partial charge is 0.340 e. The van der Waals surface area contributed by atoms with Crippen molar-refractivity contribution in [3.63, 3.8) is 0 Å². The second-order valence-electron chi connectivity index (χ2n) is 1.85. The topological polar surface area (TPSA) is 69.4 Å². The maximum atomic E-state index is 10.6. The number of carbonyl (C=O) groups is 2. The van der Waals surface area contributed by atoms with E-state index in [-0.39, 0.29) is 5.57 Å². The van der Waals surface area contributed by atoms with Crippen LogP contribution in [0, 0.1) is 0 Å². The molecule has 4 heteroatoms. The fourth-order valence-corrected chi connectivity index (χ4v) is 0.291. The molecule has 0 saturated carbocycles. The zero-order valence-electron chi connectivity index (χ0n) is 6.16. The number of hydrogen-bond acceptors (Lipinski definition) is 4. The molecule has 0 fully saturated rings. The Morgan fingerprint density at radius 2 is 2.09 bits per heavy atom. The minimum atomic E-state index is -0.791. The van der Waals surface area contributed by atoms with Gasteiger partial charge in [-0.25, -0.2) is 9.59 Å². The Labute approximate surface area is 64.3 Å². The van der Waals surface area contributed by atoms with Crippen molar-refractivity contribution in [1.82, 2.24) is 0 Å². The lowest BCUT2D eigenvalue weighted by atomic mass is 10.4. The van der Waals surface area contributed by atoms with Crippen molar-refractivity contribution < 1.29 is 14.3 Å². The van der Waals surface area contributed by atoms with E-state index in [0.717, 1.165) is 12.3 Å². The van der Waals surface area contributed by atoms with Gasteiger partial charge in [-0.15, -0.1) is 0 Å². The zero-order chi connectivity index (χ0) is 8.85. The van der Waals surface area contributed by atoms with Crippen LogP contribution in [0.2, 0.25) is 0 Å². The number of esters is 2. The Hall–Kier alpha value is -1.58. The van der Waals surface area contributed by atoms with Crippen LogP contribution in [0.3, 0.4) is 0 Å². The molecule has 0 aromatic carbocycles. The van der Waals surface area contributed by atoms with Crippen LogP contribution in [0.1, 0.15) is 6.92 Å². The molecule has 0 aromatic rings. The van der Waals surface area contributed by atoms with E-state index in [1.165, 1.54) is 6.92 Å². The third-order valence-corrected chi connectivity index (χ3v) is 0.774. The fraction of sp³-hybridized carbons (Fsp3) is 0.143. The van der Waals surface area contributed by atoms with E-state index in [1.54, 1.807) is 0 Å². The summed E-state index contributed by atoms with van der Waals surface area (Å²) in [5.41, 5.74) is 5.04. The van der Waals surface area contributed by atoms with Crippen LogP contribution in [0.15, 0.2) is 24.4 Å². The lowest BCUT2D eigenvalue weighted by molar-refractivity contribution is -0.153. The normalized spacial score (nSPS) is 9.55. The minimum absolute atomic E-state index is 0.170. The summed E-state index contributed by atoms with van der Waals surface area (Å²) < 4.78 is 4.21. The molecule has 0 spiro atoms. The molecule has 0 aromatic heterocycles. The molecule has 4 nitrogen and oxygen atoms in total. The maximum absolute atomic E-state index is 10.6. The van der Waals surface area contributed by atoms with Crippen LogP contribution in [0.5, 0.6) is 0 Å². The van der Waals surface area contributed by atoms with Gasteiger partial charge in [0.1, 0.15) is 0 Å². The summed E-state index contributed by atoms with van der Waals surface area (Å²) in [6.07, 6.45) is 1.94. The molecule has 60 valence electrons. The van der Waals surface area contributed by atoms with Gasteiger partial charge < -0.3 is 10.5 Å². The molecular formula is C7H9NO3.